The molecule has 0 aromatic heterocycles. The molecule has 0 amide bonds. The SMILES string of the molecule is C[N+]1=C(/C=C/c2ccc(N(CCC#N)CCC#N)cc2)C(C)(C)c2ccccc21.[Cl-]. The summed E-state index contributed by atoms with van der Waals surface area (Å²) in [6, 6.07) is 21.2. The van der Waals surface area contributed by atoms with Crippen LogP contribution in [-0.2, 0) is 5.41 Å². The van der Waals surface area contributed by atoms with Crippen molar-refractivity contribution in [2.75, 3.05) is 25.0 Å². The summed E-state index contributed by atoms with van der Waals surface area (Å²) in [6.07, 6.45) is 5.26. The normalized spacial score (nSPS) is 14.0. The Morgan fingerprint density at radius 1 is 0.933 bits per heavy atom. The molecule has 0 spiro atoms. The number of para-hydroxylation sites is 1. The monoisotopic (exact) mass is 418 g/mol. The molecular formula is C25H27ClN4. The molecule has 4 nitrogen and oxygen atoms in total. The van der Waals surface area contributed by atoms with Gasteiger partial charge < -0.3 is 17.3 Å². The maximum atomic E-state index is 8.88. The summed E-state index contributed by atoms with van der Waals surface area (Å²) >= 11 is 0. The number of halogens is 1. The van der Waals surface area contributed by atoms with Crippen molar-refractivity contribution in [1.29, 1.82) is 10.5 Å². The van der Waals surface area contributed by atoms with E-state index in [9.17, 15) is 0 Å². The molecule has 0 atom stereocenters. The largest absolute Gasteiger partial charge is 1.00 e. The number of hydrogen-bond acceptors (Lipinski definition) is 3. The number of benzene rings is 2. The van der Waals surface area contributed by atoms with Crippen molar-refractivity contribution in [2.45, 2.75) is 32.1 Å². The molecule has 5 heteroatoms. The predicted molar refractivity (Wildman–Crippen MR) is 118 cm³/mol. The molecule has 2 aromatic rings. The van der Waals surface area contributed by atoms with E-state index in [-0.39, 0.29) is 17.8 Å². The first-order chi connectivity index (χ1) is 14.0. The van der Waals surface area contributed by atoms with Crippen molar-refractivity contribution in [3.05, 3.63) is 65.7 Å². The molecule has 0 radical (unpaired) electrons. The second-order valence-corrected chi connectivity index (χ2v) is 7.81. The van der Waals surface area contributed by atoms with E-state index in [1.807, 2.05) is 0 Å². The Balaban J connectivity index is 0.00000320. The topological polar surface area (TPSA) is 53.8 Å². The number of fused-ring (bicyclic) bond motifs is 1. The fourth-order valence-electron chi connectivity index (χ4n) is 4.01. The minimum atomic E-state index is -0.0346. The van der Waals surface area contributed by atoms with Crippen molar-refractivity contribution in [3.63, 3.8) is 0 Å². The van der Waals surface area contributed by atoms with Gasteiger partial charge >= 0.3 is 0 Å². The zero-order valence-corrected chi connectivity index (χ0v) is 18.5. The lowest BCUT2D eigenvalue weighted by Crippen LogP contribution is -3.00. The first-order valence-electron chi connectivity index (χ1n) is 9.96. The highest BCUT2D eigenvalue weighted by molar-refractivity contribution is 6.05. The van der Waals surface area contributed by atoms with Crippen LogP contribution < -0.4 is 17.3 Å². The first kappa shape index (κ1) is 23.2. The maximum Gasteiger partial charge on any atom is 0.209 e. The maximum absolute atomic E-state index is 8.88. The molecule has 0 N–H and O–H groups in total. The van der Waals surface area contributed by atoms with Crippen LogP contribution in [0, 0.1) is 22.7 Å². The molecule has 30 heavy (non-hydrogen) atoms. The molecule has 0 fully saturated rings. The summed E-state index contributed by atoms with van der Waals surface area (Å²) in [4.78, 5) is 2.10. The average molecular weight is 419 g/mol. The fraction of sp³-hybridized carbons (Fsp3) is 0.320. The molecule has 0 saturated carbocycles. The van der Waals surface area contributed by atoms with Gasteiger partial charge in [-0.15, -0.1) is 0 Å². The number of allylic oxidation sites excluding steroid dienone is 1. The molecule has 2 aromatic carbocycles. The van der Waals surface area contributed by atoms with Crippen LogP contribution in [0.5, 0.6) is 0 Å². The van der Waals surface area contributed by atoms with E-state index in [1.165, 1.54) is 17.0 Å². The highest BCUT2D eigenvalue weighted by Crippen LogP contribution is 2.39. The average Bonchev–Trinajstić information content (AvgIpc) is 2.93. The van der Waals surface area contributed by atoms with E-state index in [4.69, 9.17) is 10.5 Å². The van der Waals surface area contributed by atoms with Crippen molar-refractivity contribution < 1.29 is 17.0 Å². The van der Waals surface area contributed by atoms with E-state index in [1.54, 1.807) is 0 Å². The van der Waals surface area contributed by atoms with Gasteiger partial charge in [0.15, 0.2) is 5.71 Å². The first-order valence-corrected chi connectivity index (χ1v) is 9.96. The lowest BCUT2D eigenvalue weighted by Gasteiger charge is -2.22. The van der Waals surface area contributed by atoms with E-state index >= 15 is 0 Å². The van der Waals surface area contributed by atoms with Crippen molar-refractivity contribution >= 4 is 23.2 Å². The van der Waals surface area contributed by atoms with E-state index in [2.05, 4.69) is 103 Å². The Bertz CT molecular complexity index is 1000. The van der Waals surface area contributed by atoms with Crippen LogP contribution in [0.15, 0.2) is 54.6 Å². The van der Waals surface area contributed by atoms with Gasteiger partial charge in [0.1, 0.15) is 7.05 Å². The highest BCUT2D eigenvalue weighted by Gasteiger charge is 2.42. The van der Waals surface area contributed by atoms with Crippen LogP contribution in [0.1, 0.15) is 37.8 Å². The molecule has 3 rings (SSSR count). The lowest BCUT2D eigenvalue weighted by molar-refractivity contribution is -0.401. The molecule has 0 saturated heterocycles. The van der Waals surface area contributed by atoms with Gasteiger partial charge in [-0.2, -0.15) is 15.1 Å². The Hall–Kier alpha value is -3.08. The summed E-state index contributed by atoms with van der Waals surface area (Å²) < 4.78 is 2.27. The quantitative estimate of drug-likeness (QED) is 0.646. The van der Waals surface area contributed by atoms with Gasteiger partial charge in [0, 0.05) is 36.5 Å². The van der Waals surface area contributed by atoms with Gasteiger partial charge in [0.25, 0.3) is 0 Å². The lowest BCUT2D eigenvalue weighted by atomic mass is 9.81. The number of nitrogens with zero attached hydrogens (tertiary/aromatic N) is 4. The van der Waals surface area contributed by atoms with Crippen LogP contribution in [-0.4, -0.2) is 30.4 Å². The van der Waals surface area contributed by atoms with Gasteiger partial charge in [0.05, 0.1) is 30.4 Å². The Kier molecular flexibility index (Phi) is 7.81. The highest BCUT2D eigenvalue weighted by atomic mass is 35.5. The van der Waals surface area contributed by atoms with Crippen molar-refractivity contribution in [3.8, 4) is 12.1 Å². The molecular weight excluding hydrogens is 392 g/mol. The minimum absolute atomic E-state index is 0. The van der Waals surface area contributed by atoms with Gasteiger partial charge in [-0.1, -0.05) is 30.3 Å². The van der Waals surface area contributed by atoms with Crippen molar-refractivity contribution in [2.24, 2.45) is 0 Å². The van der Waals surface area contributed by atoms with E-state index in [0.29, 0.717) is 25.9 Å². The Morgan fingerprint density at radius 3 is 2.10 bits per heavy atom. The fourth-order valence-corrected chi connectivity index (χ4v) is 4.01. The number of anilines is 1. The summed E-state index contributed by atoms with van der Waals surface area (Å²) in [5.74, 6) is 0. The predicted octanol–water partition coefficient (Wildman–Crippen LogP) is 2.04. The summed E-state index contributed by atoms with van der Waals surface area (Å²) in [5, 5.41) is 17.8. The summed E-state index contributed by atoms with van der Waals surface area (Å²) in [6.45, 7) is 5.81. The van der Waals surface area contributed by atoms with E-state index < -0.39 is 0 Å². The number of hydrogen-bond donors (Lipinski definition) is 0. The molecule has 154 valence electrons. The van der Waals surface area contributed by atoms with Crippen LogP contribution in [0.25, 0.3) is 6.08 Å². The summed E-state index contributed by atoms with van der Waals surface area (Å²) in [7, 11) is 2.12. The third-order valence-electron chi connectivity index (χ3n) is 5.62. The van der Waals surface area contributed by atoms with Gasteiger partial charge in [-0.25, -0.2) is 0 Å². The second-order valence-electron chi connectivity index (χ2n) is 7.81. The molecule has 1 heterocycles. The van der Waals surface area contributed by atoms with E-state index in [0.717, 1.165) is 11.3 Å². The third kappa shape index (κ3) is 4.73. The molecule has 1 aliphatic rings. The van der Waals surface area contributed by atoms with Crippen LogP contribution in [0.4, 0.5) is 11.4 Å². The van der Waals surface area contributed by atoms with Crippen LogP contribution in [0.2, 0.25) is 0 Å². The zero-order valence-electron chi connectivity index (χ0n) is 17.8. The molecule has 0 bridgehead atoms. The minimum Gasteiger partial charge on any atom is -1.00 e. The standard InChI is InChI=1S/C25H27N4.ClH/c1-25(2)22-8-4-5-9-23(22)28(3)24(25)15-12-20-10-13-21(14-11-20)29(18-6-16-26)19-7-17-27;/h4-5,8-15H,6-7,18-19H2,1-3H3;1H/q+1;/p-1. The van der Waals surface area contributed by atoms with Gasteiger partial charge in [-0.05, 0) is 37.6 Å². The van der Waals surface area contributed by atoms with Gasteiger partial charge in [0.2, 0.25) is 5.69 Å². The Morgan fingerprint density at radius 2 is 1.53 bits per heavy atom. The third-order valence-corrected chi connectivity index (χ3v) is 5.62. The Labute approximate surface area is 185 Å². The molecule has 0 unspecified atom stereocenters. The number of nitriles is 2. The van der Waals surface area contributed by atoms with Crippen molar-refractivity contribution in [1.82, 2.24) is 0 Å². The van der Waals surface area contributed by atoms with Crippen LogP contribution >= 0.6 is 0 Å². The smallest absolute Gasteiger partial charge is 0.209 e. The summed E-state index contributed by atoms with van der Waals surface area (Å²) in [5.41, 5.74) is 6.02. The van der Waals surface area contributed by atoms with Gasteiger partial charge in [-0.3, -0.25) is 0 Å². The number of rotatable bonds is 7. The second kappa shape index (κ2) is 10.1. The molecule has 0 aliphatic carbocycles. The molecule has 1 aliphatic heterocycles. The zero-order chi connectivity index (χ0) is 20.9. The van der Waals surface area contributed by atoms with Crippen LogP contribution in [0.3, 0.4) is 0 Å².